The van der Waals surface area contributed by atoms with Crippen LogP contribution < -0.4 is 10.4 Å². The summed E-state index contributed by atoms with van der Waals surface area (Å²) in [5.74, 6) is 0.300. The van der Waals surface area contributed by atoms with Crippen molar-refractivity contribution in [3.8, 4) is 5.75 Å². The fourth-order valence-corrected chi connectivity index (χ4v) is 3.80. The fourth-order valence-electron chi connectivity index (χ4n) is 3.80. The molecule has 148 valence electrons. The molecule has 1 aliphatic rings. The molecule has 1 aliphatic carbocycles. The van der Waals surface area contributed by atoms with E-state index in [2.05, 4.69) is 4.99 Å². The van der Waals surface area contributed by atoms with E-state index in [9.17, 15) is 9.59 Å². The molecule has 4 rings (SSSR count). The van der Waals surface area contributed by atoms with Gasteiger partial charge in [-0.05, 0) is 42.5 Å². The molecule has 29 heavy (non-hydrogen) atoms. The largest absolute Gasteiger partial charge is 0.439 e. The third-order valence-corrected chi connectivity index (χ3v) is 5.11. The van der Waals surface area contributed by atoms with Gasteiger partial charge >= 0.3 is 11.7 Å². The number of carbonyl (C=O) groups excluding carboxylic acids is 1. The molecule has 0 unspecified atom stereocenters. The number of fused-ring (bicyclic) bond motifs is 3. The molecule has 0 atom stereocenters. The highest BCUT2D eigenvalue weighted by Gasteiger charge is 2.23. The smallest absolute Gasteiger partial charge is 0.422 e. The van der Waals surface area contributed by atoms with Crippen LogP contribution in [0, 0.1) is 5.41 Å². The van der Waals surface area contributed by atoms with Crippen LogP contribution in [-0.2, 0) is 12.8 Å². The summed E-state index contributed by atoms with van der Waals surface area (Å²) in [6.07, 6.45) is 1.88. The van der Waals surface area contributed by atoms with Crippen molar-refractivity contribution < 1.29 is 13.9 Å². The number of hydrogen-bond donors (Lipinski definition) is 0. The lowest BCUT2D eigenvalue weighted by Crippen LogP contribution is -2.23. The summed E-state index contributed by atoms with van der Waals surface area (Å²) in [4.78, 5) is 28.9. The zero-order valence-electron chi connectivity index (χ0n) is 16.8. The lowest BCUT2D eigenvalue weighted by Gasteiger charge is -2.21. The van der Waals surface area contributed by atoms with E-state index in [0.717, 1.165) is 41.3 Å². The molecule has 1 aromatic heterocycles. The number of carbonyl (C=O) groups is 1. The summed E-state index contributed by atoms with van der Waals surface area (Å²) in [5.41, 5.74) is 3.13. The number of ether oxygens (including phenoxy) is 1. The lowest BCUT2D eigenvalue weighted by molar-refractivity contribution is 0.211. The van der Waals surface area contributed by atoms with Gasteiger partial charge in [-0.3, -0.25) is 0 Å². The topological polar surface area (TPSA) is 68.9 Å². The maximum Gasteiger partial charge on any atom is 0.439 e. The Hall–Kier alpha value is -3.21. The van der Waals surface area contributed by atoms with Crippen LogP contribution in [-0.4, -0.2) is 11.8 Å². The van der Waals surface area contributed by atoms with Crippen molar-refractivity contribution in [2.75, 3.05) is 0 Å². The van der Waals surface area contributed by atoms with E-state index in [1.54, 1.807) is 12.1 Å². The van der Waals surface area contributed by atoms with Crippen LogP contribution in [0.2, 0.25) is 0 Å². The first-order valence-electron chi connectivity index (χ1n) is 9.78. The van der Waals surface area contributed by atoms with Gasteiger partial charge in [-0.1, -0.05) is 51.1 Å². The number of aryl methyl sites for hydroxylation is 1. The van der Waals surface area contributed by atoms with E-state index in [1.165, 1.54) is 0 Å². The third kappa shape index (κ3) is 3.86. The Kier molecular flexibility index (Phi) is 4.82. The Bertz CT molecular complexity index is 1170. The van der Waals surface area contributed by atoms with Gasteiger partial charge in [0.2, 0.25) is 0 Å². The van der Waals surface area contributed by atoms with Crippen LogP contribution in [0.4, 0.5) is 4.79 Å². The van der Waals surface area contributed by atoms with Crippen LogP contribution in [0.1, 0.15) is 43.9 Å². The van der Waals surface area contributed by atoms with Gasteiger partial charge in [-0.15, -0.1) is 0 Å². The van der Waals surface area contributed by atoms with Crippen LogP contribution in [0.5, 0.6) is 5.75 Å². The first-order chi connectivity index (χ1) is 13.8. The Morgan fingerprint density at radius 1 is 1.03 bits per heavy atom. The van der Waals surface area contributed by atoms with Gasteiger partial charge in [0, 0.05) is 22.4 Å². The van der Waals surface area contributed by atoms with Crippen LogP contribution in [0.3, 0.4) is 0 Å². The Labute approximate surface area is 169 Å². The number of aliphatic imine (C=N–C) groups is 1. The molecule has 5 heteroatoms. The second kappa shape index (κ2) is 7.32. The summed E-state index contributed by atoms with van der Waals surface area (Å²) >= 11 is 0. The van der Waals surface area contributed by atoms with Crippen LogP contribution >= 0.6 is 0 Å². The van der Waals surface area contributed by atoms with Crippen molar-refractivity contribution in [1.82, 2.24) is 0 Å². The van der Waals surface area contributed by atoms with E-state index in [1.807, 2.05) is 57.2 Å². The number of amides is 1. The molecular formula is C24H23NO4. The molecule has 0 saturated carbocycles. The number of rotatable bonds is 2. The molecule has 0 fully saturated rings. The minimum Gasteiger partial charge on any atom is -0.422 e. The van der Waals surface area contributed by atoms with Crippen LogP contribution in [0.15, 0.2) is 62.7 Å². The minimum absolute atomic E-state index is 0.300. The monoisotopic (exact) mass is 389 g/mol. The highest BCUT2D eigenvalue weighted by Crippen LogP contribution is 2.30. The molecule has 1 heterocycles. The van der Waals surface area contributed by atoms with Crippen molar-refractivity contribution >= 4 is 22.8 Å². The lowest BCUT2D eigenvalue weighted by atomic mass is 9.85. The second-order valence-electron chi connectivity index (χ2n) is 8.30. The van der Waals surface area contributed by atoms with E-state index in [4.69, 9.17) is 9.15 Å². The number of nitrogens with zero attached hydrogens (tertiary/aromatic N) is 1. The maximum absolute atomic E-state index is 12.5. The van der Waals surface area contributed by atoms with Gasteiger partial charge in [-0.25, -0.2) is 9.59 Å². The second-order valence-corrected chi connectivity index (χ2v) is 8.30. The van der Waals surface area contributed by atoms with Crippen LogP contribution in [0.25, 0.3) is 11.0 Å². The molecule has 0 aliphatic heterocycles. The molecule has 0 spiro atoms. The molecule has 3 aromatic rings. The standard InChI is InChI=1S/C24H23NO4/c1-24(2,3)21(15-8-5-4-6-9-15)25-23(27)28-16-12-13-18-17-10-7-11-19(17)22(26)29-20(18)14-16/h4-6,8-9,12-14H,7,10-11H2,1-3H3. The highest BCUT2D eigenvalue weighted by molar-refractivity contribution is 6.08. The van der Waals surface area contributed by atoms with Gasteiger partial charge in [0.15, 0.2) is 0 Å². The average Bonchev–Trinajstić information content (AvgIpc) is 3.16. The third-order valence-electron chi connectivity index (χ3n) is 5.11. The molecule has 5 nitrogen and oxygen atoms in total. The first-order valence-corrected chi connectivity index (χ1v) is 9.78. The predicted octanol–water partition coefficient (Wildman–Crippen LogP) is 5.32. The summed E-state index contributed by atoms with van der Waals surface area (Å²) in [5, 5.41) is 0.903. The maximum atomic E-state index is 12.5. The highest BCUT2D eigenvalue weighted by atomic mass is 16.5. The predicted molar refractivity (Wildman–Crippen MR) is 113 cm³/mol. The molecular weight excluding hydrogens is 366 g/mol. The van der Waals surface area contributed by atoms with E-state index >= 15 is 0 Å². The Balaban J connectivity index is 1.65. The Morgan fingerprint density at radius 3 is 2.48 bits per heavy atom. The normalized spacial score (nSPS) is 14.1. The molecule has 0 N–H and O–H groups in total. The van der Waals surface area contributed by atoms with Crippen molar-refractivity contribution in [3.63, 3.8) is 0 Å². The van der Waals surface area contributed by atoms with E-state index in [-0.39, 0.29) is 11.0 Å². The minimum atomic E-state index is -0.707. The Morgan fingerprint density at radius 2 is 1.76 bits per heavy atom. The molecule has 0 bridgehead atoms. The van der Waals surface area contributed by atoms with Crippen molar-refractivity contribution in [1.29, 1.82) is 0 Å². The average molecular weight is 389 g/mol. The number of benzene rings is 2. The van der Waals surface area contributed by atoms with Crippen molar-refractivity contribution in [2.24, 2.45) is 10.4 Å². The number of hydrogen-bond acceptors (Lipinski definition) is 4. The quantitative estimate of drug-likeness (QED) is 0.440. The summed E-state index contributed by atoms with van der Waals surface area (Å²) in [6.45, 7) is 5.99. The van der Waals surface area contributed by atoms with Crippen molar-refractivity contribution in [2.45, 2.75) is 40.0 Å². The zero-order chi connectivity index (χ0) is 20.6. The summed E-state index contributed by atoms with van der Waals surface area (Å²) in [6, 6.07) is 14.7. The first kappa shape index (κ1) is 19.1. The van der Waals surface area contributed by atoms with E-state index in [0.29, 0.717) is 17.0 Å². The fraction of sp³-hybridized carbons (Fsp3) is 0.292. The van der Waals surface area contributed by atoms with Gasteiger partial charge in [-0.2, -0.15) is 4.99 Å². The van der Waals surface area contributed by atoms with Crippen molar-refractivity contribution in [3.05, 3.63) is 75.6 Å². The van der Waals surface area contributed by atoms with Gasteiger partial charge in [0.1, 0.15) is 11.3 Å². The summed E-state index contributed by atoms with van der Waals surface area (Å²) < 4.78 is 10.9. The van der Waals surface area contributed by atoms with E-state index < -0.39 is 6.09 Å². The summed E-state index contributed by atoms with van der Waals surface area (Å²) in [7, 11) is 0. The van der Waals surface area contributed by atoms with Gasteiger partial charge in [0.05, 0.1) is 5.71 Å². The SMILES string of the molecule is CC(C)(C)C(=NC(=O)Oc1ccc2c3c(c(=O)oc2c1)CCC3)c1ccccc1. The molecule has 0 radical (unpaired) electrons. The van der Waals surface area contributed by atoms with Gasteiger partial charge < -0.3 is 9.15 Å². The zero-order valence-corrected chi connectivity index (χ0v) is 16.8. The molecule has 0 saturated heterocycles. The molecule has 1 amide bonds. The van der Waals surface area contributed by atoms with Gasteiger partial charge in [0.25, 0.3) is 0 Å². The molecule has 2 aromatic carbocycles.